The van der Waals surface area contributed by atoms with Crippen molar-refractivity contribution >= 4 is 15.7 Å². The molecule has 34 heavy (non-hydrogen) atoms. The fraction of sp³-hybridized carbons (Fsp3) is 0.500. The molecule has 2 unspecified atom stereocenters. The number of oxazole rings is 1. The van der Waals surface area contributed by atoms with Crippen LogP contribution in [0.1, 0.15) is 35.4 Å². The van der Waals surface area contributed by atoms with Gasteiger partial charge in [-0.2, -0.15) is 26.3 Å². The van der Waals surface area contributed by atoms with Crippen LogP contribution < -0.4 is 4.74 Å². The first-order valence-electron chi connectivity index (χ1n) is 9.92. The van der Waals surface area contributed by atoms with Crippen LogP contribution in [-0.4, -0.2) is 55.8 Å². The number of sulfone groups is 1. The first-order chi connectivity index (χ1) is 15.5. The van der Waals surface area contributed by atoms with Gasteiger partial charge in [-0.3, -0.25) is 4.79 Å². The number of likely N-dealkylation sites (tertiary alicyclic amines) is 1. The fourth-order valence-electron chi connectivity index (χ4n) is 4.04. The molecule has 1 aliphatic heterocycles. The van der Waals surface area contributed by atoms with Gasteiger partial charge in [-0.15, -0.1) is 0 Å². The van der Waals surface area contributed by atoms with E-state index in [4.69, 9.17) is 9.15 Å². The maximum atomic E-state index is 13.2. The van der Waals surface area contributed by atoms with Crippen LogP contribution in [0.4, 0.5) is 26.3 Å². The molecule has 1 aliphatic carbocycles. The molecule has 2 aliphatic rings. The van der Waals surface area contributed by atoms with E-state index < -0.39 is 56.7 Å². The molecule has 1 saturated carbocycles. The van der Waals surface area contributed by atoms with E-state index in [1.807, 2.05) is 0 Å². The maximum absolute atomic E-state index is 13.2. The molecule has 3 atom stereocenters. The standard InChI is InChI=1S/C20H18F6N2O5S/c1-10(19(21,22)23)32-14-4-3-12(34(2,30)31)5-13(14)16(29)28-8-11-6-18(11,9-28)17-27-7-15(33-17)20(24,25)26/h3-5,7,10-11H,6,8-9H2,1-2H3/t10?,11?,18-/m1/s1. The Hall–Kier alpha value is -2.77. The summed E-state index contributed by atoms with van der Waals surface area (Å²) < 4.78 is 111. The second-order valence-corrected chi connectivity index (χ2v) is 10.5. The van der Waals surface area contributed by atoms with Crippen LogP contribution in [0, 0.1) is 5.92 Å². The number of piperidine rings is 1. The minimum absolute atomic E-state index is 0.0833. The lowest BCUT2D eigenvalue weighted by molar-refractivity contribution is -0.189. The van der Waals surface area contributed by atoms with E-state index in [1.165, 1.54) is 4.90 Å². The van der Waals surface area contributed by atoms with Gasteiger partial charge < -0.3 is 14.1 Å². The van der Waals surface area contributed by atoms with Gasteiger partial charge in [0.25, 0.3) is 5.91 Å². The minimum atomic E-state index is -4.74. The molecule has 1 saturated heterocycles. The van der Waals surface area contributed by atoms with Gasteiger partial charge in [0.1, 0.15) is 5.75 Å². The predicted octanol–water partition coefficient (Wildman–Crippen LogP) is 3.84. The lowest BCUT2D eigenvalue weighted by Crippen LogP contribution is -2.35. The zero-order valence-corrected chi connectivity index (χ0v) is 18.5. The van der Waals surface area contributed by atoms with Crippen LogP contribution in [0.15, 0.2) is 33.7 Å². The lowest BCUT2D eigenvalue weighted by Gasteiger charge is -2.24. The van der Waals surface area contributed by atoms with Crippen molar-refractivity contribution in [1.82, 2.24) is 9.88 Å². The summed E-state index contributed by atoms with van der Waals surface area (Å²) in [6.45, 7) is 0.727. The quantitative estimate of drug-likeness (QED) is 0.566. The Kier molecular flexibility index (Phi) is 5.46. The number of ether oxygens (including phenoxy) is 1. The molecule has 1 aromatic carbocycles. The molecular formula is C20H18F6N2O5S. The van der Waals surface area contributed by atoms with Crippen LogP contribution in [0.25, 0.3) is 0 Å². The molecule has 0 N–H and O–H groups in total. The number of rotatable bonds is 5. The third-order valence-corrected chi connectivity index (χ3v) is 7.13. The van der Waals surface area contributed by atoms with Crippen molar-refractivity contribution < 1.29 is 48.7 Å². The van der Waals surface area contributed by atoms with Crippen molar-refractivity contribution in [3.05, 3.63) is 41.6 Å². The molecule has 2 heterocycles. The molecule has 0 spiro atoms. The summed E-state index contributed by atoms with van der Waals surface area (Å²) in [4.78, 5) is 17.9. The third kappa shape index (κ3) is 4.34. The van der Waals surface area contributed by atoms with Crippen molar-refractivity contribution in [2.75, 3.05) is 19.3 Å². The third-order valence-electron chi connectivity index (χ3n) is 6.02. The van der Waals surface area contributed by atoms with Gasteiger partial charge in [0.2, 0.25) is 11.7 Å². The number of hydrogen-bond donors (Lipinski definition) is 0. The molecule has 0 radical (unpaired) electrons. The van der Waals surface area contributed by atoms with Crippen LogP contribution in [-0.2, 0) is 21.4 Å². The van der Waals surface area contributed by atoms with Gasteiger partial charge in [-0.1, -0.05) is 0 Å². The smallest absolute Gasteiger partial charge is 0.451 e. The van der Waals surface area contributed by atoms with Gasteiger partial charge in [0, 0.05) is 19.3 Å². The molecule has 1 aromatic heterocycles. The van der Waals surface area contributed by atoms with Gasteiger partial charge >= 0.3 is 12.4 Å². The van der Waals surface area contributed by atoms with Crippen molar-refractivity contribution in [2.45, 2.75) is 42.1 Å². The Balaban J connectivity index is 1.63. The highest BCUT2D eigenvalue weighted by molar-refractivity contribution is 7.90. The summed E-state index contributed by atoms with van der Waals surface area (Å²) in [5.74, 6) is -2.98. The zero-order valence-electron chi connectivity index (χ0n) is 17.7. The summed E-state index contributed by atoms with van der Waals surface area (Å²) in [5, 5.41) is 0. The number of amides is 1. The second-order valence-electron chi connectivity index (χ2n) is 8.50. The average Bonchev–Trinajstić information content (AvgIpc) is 3.07. The zero-order chi connectivity index (χ0) is 25.3. The number of fused-ring (bicyclic) bond motifs is 1. The Morgan fingerprint density at radius 3 is 2.50 bits per heavy atom. The van der Waals surface area contributed by atoms with Crippen LogP contribution in [0.5, 0.6) is 5.75 Å². The number of aromatic nitrogens is 1. The normalized spacial score (nSPS) is 23.5. The first-order valence-corrected chi connectivity index (χ1v) is 11.8. The highest BCUT2D eigenvalue weighted by Crippen LogP contribution is 2.59. The topological polar surface area (TPSA) is 89.7 Å². The highest BCUT2D eigenvalue weighted by Gasteiger charge is 2.65. The number of carbonyl (C=O) groups excluding carboxylic acids is 1. The largest absolute Gasteiger partial charge is 0.480 e. The number of carbonyl (C=O) groups is 1. The monoisotopic (exact) mass is 512 g/mol. The second kappa shape index (κ2) is 7.62. The molecule has 7 nitrogen and oxygen atoms in total. The lowest BCUT2D eigenvalue weighted by atomic mass is 10.1. The maximum Gasteiger partial charge on any atom is 0.451 e. The average molecular weight is 512 g/mol. The molecular weight excluding hydrogens is 494 g/mol. The summed E-state index contributed by atoms with van der Waals surface area (Å²) in [7, 11) is -3.80. The number of hydrogen-bond acceptors (Lipinski definition) is 6. The first kappa shape index (κ1) is 24.4. The molecule has 2 fully saturated rings. The van der Waals surface area contributed by atoms with E-state index >= 15 is 0 Å². The summed E-state index contributed by atoms with van der Waals surface area (Å²) in [5.41, 5.74) is -1.34. The van der Waals surface area contributed by atoms with Crippen molar-refractivity contribution in [2.24, 2.45) is 5.92 Å². The van der Waals surface area contributed by atoms with E-state index in [-0.39, 0.29) is 29.8 Å². The van der Waals surface area contributed by atoms with Crippen LogP contribution >= 0.6 is 0 Å². The van der Waals surface area contributed by atoms with Gasteiger partial charge in [0.05, 0.1) is 22.1 Å². The Bertz CT molecular complexity index is 1240. The van der Waals surface area contributed by atoms with Gasteiger partial charge in [-0.05, 0) is 37.5 Å². The summed E-state index contributed by atoms with van der Waals surface area (Å²) in [6.07, 6.45) is -9.90. The Morgan fingerprint density at radius 2 is 1.94 bits per heavy atom. The van der Waals surface area contributed by atoms with Crippen molar-refractivity contribution in [3.8, 4) is 5.75 Å². The van der Waals surface area contributed by atoms with E-state index in [2.05, 4.69) is 4.98 Å². The highest BCUT2D eigenvalue weighted by atomic mass is 32.2. The fourth-order valence-corrected chi connectivity index (χ4v) is 4.69. The predicted molar refractivity (Wildman–Crippen MR) is 103 cm³/mol. The molecule has 186 valence electrons. The molecule has 2 aromatic rings. The minimum Gasteiger partial charge on any atom is -0.480 e. The molecule has 4 rings (SSSR count). The Morgan fingerprint density at radius 1 is 1.26 bits per heavy atom. The molecule has 14 heteroatoms. The van der Waals surface area contributed by atoms with Crippen LogP contribution in [0.2, 0.25) is 0 Å². The van der Waals surface area contributed by atoms with E-state index in [0.717, 1.165) is 31.4 Å². The number of benzene rings is 1. The van der Waals surface area contributed by atoms with Crippen molar-refractivity contribution in [3.63, 3.8) is 0 Å². The van der Waals surface area contributed by atoms with Gasteiger partial charge in [0.15, 0.2) is 15.9 Å². The number of alkyl halides is 6. The SMILES string of the molecule is CC(Oc1ccc(S(C)(=O)=O)cc1C(=O)N1CC2C[C@@]2(c2ncc(C(F)(F)F)o2)C1)C(F)(F)F. The Labute approximate surface area is 189 Å². The van der Waals surface area contributed by atoms with Crippen LogP contribution in [0.3, 0.4) is 0 Å². The van der Waals surface area contributed by atoms with E-state index in [9.17, 15) is 39.6 Å². The summed E-state index contributed by atoms with van der Waals surface area (Å²) in [6, 6.07) is 2.93. The molecule has 1 amide bonds. The summed E-state index contributed by atoms with van der Waals surface area (Å²) >= 11 is 0. The molecule has 0 bridgehead atoms. The van der Waals surface area contributed by atoms with Crippen molar-refractivity contribution in [1.29, 1.82) is 0 Å². The van der Waals surface area contributed by atoms with E-state index in [1.54, 1.807) is 0 Å². The van der Waals surface area contributed by atoms with Gasteiger partial charge in [-0.25, -0.2) is 13.4 Å². The number of nitrogens with zero attached hydrogens (tertiary/aromatic N) is 2. The number of halogens is 6. The van der Waals surface area contributed by atoms with E-state index in [0.29, 0.717) is 12.6 Å².